The van der Waals surface area contributed by atoms with Crippen LogP contribution in [-0.2, 0) is 0 Å². The third-order valence-corrected chi connectivity index (χ3v) is 8.60. The van der Waals surface area contributed by atoms with Crippen molar-refractivity contribution in [1.82, 2.24) is 0 Å². The molecule has 2 nitrogen and oxygen atoms in total. The molecule has 4 heteroatoms. The molecular weight excluding hydrogens is 489 g/mol. The quantitative estimate of drug-likeness (QED) is 0.158. The summed E-state index contributed by atoms with van der Waals surface area (Å²) in [6.45, 7) is 12.8. The molecule has 2 aromatic rings. The molecule has 0 saturated heterocycles. The first kappa shape index (κ1) is 32.9. The second-order valence-electron chi connectivity index (χ2n) is 9.91. The molecule has 1 atom stereocenters. The van der Waals surface area contributed by atoms with E-state index in [0.29, 0.717) is 5.92 Å². The average Bonchev–Trinajstić information content (AvgIpc) is 2.92. The molecule has 0 aromatic heterocycles. The van der Waals surface area contributed by atoms with E-state index >= 15 is 0 Å². The number of nitriles is 1. The van der Waals surface area contributed by atoms with Gasteiger partial charge in [-0.3, -0.25) is 0 Å². The molecule has 2 aromatic carbocycles. The van der Waals surface area contributed by atoms with Crippen LogP contribution in [0.15, 0.2) is 65.1 Å². The Balaban J connectivity index is 0.000000643. The Morgan fingerprint density at radius 3 is 2.08 bits per heavy atom. The van der Waals surface area contributed by atoms with Crippen molar-refractivity contribution in [3.63, 3.8) is 0 Å². The number of hydrogen-bond acceptors (Lipinski definition) is 4. The van der Waals surface area contributed by atoms with Gasteiger partial charge >= 0.3 is 0 Å². The van der Waals surface area contributed by atoms with E-state index in [1.165, 1.54) is 67.9 Å². The average molecular weight is 537 g/mol. The van der Waals surface area contributed by atoms with Gasteiger partial charge in [-0.1, -0.05) is 120 Å². The van der Waals surface area contributed by atoms with Gasteiger partial charge in [0, 0.05) is 11.4 Å². The number of fused-ring (bicyclic) bond motifs is 1. The molecule has 2 N–H and O–H groups in total. The standard InChI is InChI=1S/C24H28N2S2.C6H12.C3H8/c1-5-17(2)16-27-28-24(15-25)12-18(3)6-7-19(4)20-8-9-22-14-23(26)11-10-21(22)13-20;1-2-4-6-5-3-1;1-3-2/h6-14,17H,5,16,26H2,1-4H3;1-6H2;3H2,1-2H3/b18-6+,19-7+,24-12+;;. The maximum absolute atomic E-state index is 9.37. The van der Waals surface area contributed by atoms with Crippen LogP contribution in [0.4, 0.5) is 5.69 Å². The Hall–Kier alpha value is -2.09. The fourth-order valence-corrected chi connectivity index (χ4v) is 6.06. The van der Waals surface area contributed by atoms with Gasteiger partial charge < -0.3 is 5.73 Å². The highest BCUT2D eigenvalue weighted by Gasteiger charge is 2.03. The van der Waals surface area contributed by atoms with Crippen molar-refractivity contribution < 1.29 is 0 Å². The van der Waals surface area contributed by atoms with Gasteiger partial charge in [-0.25, -0.2) is 0 Å². The van der Waals surface area contributed by atoms with Gasteiger partial charge in [0.15, 0.2) is 0 Å². The van der Waals surface area contributed by atoms with Crippen molar-refractivity contribution in [2.45, 2.75) is 92.9 Å². The van der Waals surface area contributed by atoms with Gasteiger partial charge in [0.2, 0.25) is 0 Å². The first-order chi connectivity index (χ1) is 17.8. The summed E-state index contributed by atoms with van der Waals surface area (Å²) in [4.78, 5) is 0.747. The number of anilines is 1. The molecule has 0 aliphatic heterocycles. The summed E-state index contributed by atoms with van der Waals surface area (Å²) in [5, 5.41) is 11.7. The van der Waals surface area contributed by atoms with Crippen LogP contribution in [0.3, 0.4) is 0 Å². The van der Waals surface area contributed by atoms with E-state index in [1.54, 1.807) is 21.6 Å². The predicted octanol–water partition coefficient (Wildman–Crippen LogP) is 11.4. The van der Waals surface area contributed by atoms with Crippen molar-refractivity contribution in [2.24, 2.45) is 5.92 Å². The third kappa shape index (κ3) is 14.4. The number of rotatable bonds is 8. The summed E-state index contributed by atoms with van der Waals surface area (Å²) in [6, 6.07) is 14.7. The topological polar surface area (TPSA) is 49.8 Å². The number of benzene rings is 2. The lowest BCUT2D eigenvalue weighted by Gasteiger charge is -2.06. The zero-order valence-corrected chi connectivity index (χ0v) is 25.6. The normalized spacial score (nSPS) is 15.1. The summed E-state index contributed by atoms with van der Waals surface area (Å²) in [5.41, 5.74) is 10.1. The minimum atomic E-state index is 0.679. The van der Waals surface area contributed by atoms with Crippen molar-refractivity contribution in [3.8, 4) is 6.07 Å². The van der Waals surface area contributed by atoms with Crippen LogP contribution in [0, 0.1) is 17.2 Å². The van der Waals surface area contributed by atoms with Crippen LogP contribution in [-0.4, -0.2) is 5.75 Å². The first-order valence-corrected chi connectivity index (χ1v) is 16.2. The second kappa shape index (κ2) is 19.9. The van der Waals surface area contributed by atoms with Crippen molar-refractivity contribution in [2.75, 3.05) is 11.5 Å². The lowest BCUT2D eigenvalue weighted by molar-refractivity contribution is 0.504. The van der Waals surface area contributed by atoms with Gasteiger partial charge in [0.1, 0.15) is 6.07 Å². The number of nitrogens with two attached hydrogens (primary N) is 1. The minimum absolute atomic E-state index is 0.679. The minimum Gasteiger partial charge on any atom is -0.399 e. The molecule has 1 unspecified atom stereocenters. The fraction of sp³-hybridized carbons (Fsp3) is 0.485. The Morgan fingerprint density at radius 2 is 1.51 bits per heavy atom. The zero-order chi connectivity index (χ0) is 27.5. The van der Waals surface area contributed by atoms with E-state index in [2.05, 4.69) is 77.1 Å². The summed E-state index contributed by atoms with van der Waals surface area (Å²) >= 11 is 0. The molecule has 202 valence electrons. The van der Waals surface area contributed by atoms with Crippen molar-refractivity contribution in [1.29, 1.82) is 5.26 Å². The van der Waals surface area contributed by atoms with Crippen LogP contribution < -0.4 is 5.73 Å². The van der Waals surface area contributed by atoms with E-state index in [9.17, 15) is 5.26 Å². The smallest absolute Gasteiger partial charge is 0.107 e. The van der Waals surface area contributed by atoms with Crippen LogP contribution in [0.5, 0.6) is 0 Å². The van der Waals surface area contributed by atoms with Crippen LogP contribution in [0.2, 0.25) is 0 Å². The Labute approximate surface area is 235 Å². The zero-order valence-electron chi connectivity index (χ0n) is 24.0. The summed E-state index contributed by atoms with van der Waals surface area (Å²) in [6.07, 6.45) is 17.6. The summed E-state index contributed by atoms with van der Waals surface area (Å²) in [5.74, 6) is 1.74. The van der Waals surface area contributed by atoms with Gasteiger partial charge in [-0.2, -0.15) is 5.26 Å². The number of nitrogens with zero attached hydrogens (tertiary/aromatic N) is 1. The first-order valence-electron chi connectivity index (χ1n) is 13.9. The van der Waals surface area contributed by atoms with Gasteiger partial charge in [-0.15, -0.1) is 0 Å². The highest BCUT2D eigenvalue weighted by Crippen LogP contribution is 2.32. The molecule has 0 heterocycles. The molecule has 1 saturated carbocycles. The predicted molar refractivity (Wildman–Crippen MR) is 173 cm³/mol. The van der Waals surface area contributed by atoms with Gasteiger partial charge in [0.05, 0.1) is 4.91 Å². The lowest BCUT2D eigenvalue weighted by Crippen LogP contribution is -1.93. The van der Waals surface area contributed by atoms with Crippen molar-refractivity contribution in [3.05, 3.63) is 70.7 Å². The maximum Gasteiger partial charge on any atom is 0.107 e. The molecule has 0 spiro atoms. The highest BCUT2D eigenvalue weighted by molar-refractivity contribution is 8.78. The Morgan fingerprint density at radius 1 is 0.946 bits per heavy atom. The van der Waals surface area contributed by atoms with Gasteiger partial charge in [0.25, 0.3) is 0 Å². The SMILES string of the molecule is C1CCCCC1.CCC.CCC(C)CSS/C(C#N)=C/C(C)=C/C=C(\C)c1ccc2cc(N)ccc2c1. The van der Waals surface area contributed by atoms with E-state index in [0.717, 1.165) is 27.3 Å². The summed E-state index contributed by atoms with van der Waals surface area (Å²) < 4.78 is 0. The molecular formula is C33H48N2S2. The Kier molecular flexibility index (Phi) is 17.8. The van der Waals surface area contributed by atoms with E-state index in [-0.39, 0.29) is 0 Å². The van der Waals surface area contributed by atoms with Crippen molar-refractivity contribution >= 4 is 43.6 Å². The molecule has 0 radical (unpaired) electrons. The molecule has 1 fully saturated rings. The molecule has 1 aliphatic rings. The van der Waals surface area contributed by atoms with E-state index in [1.807, 2.05) is 25.1 Å². The second-order valence-corrected chi connectivity index (χ2v) is 12.3. The fourth-order valence-electron chi connectivity index (χ4n) is 3.58. The Bertz CT molecular complexity index is 1040. The molecule has 0 bridgehead atoms. The monoisotopic (exact) mass is 536 g/mol. The highest BCUT2D eigenvalue weighted by atomic mass is 33.1. The summed E-state index contributed by atoms with van der Waals surface area (Å²) in [7, 11) is 3.33. The number of allylic oxidation sites excluding steroid dienone is 6. The molecule has 37 heavy (non-hydrogen) atoms. The number of nitrogen functional groups attached to an aromatic ring is 1. The van der Waals surface area contributed by atoms with Crippen LogP contribution in [0.25, 0.3) is 16.3 Å². The molecule has 1 aliphatic carbocycles. The van der Waals surface area contributed by atoms with Crippen LogP contribution in [0.1, 0.15) is 98.5 Å². The van der Waals surface area contributed by atoms with E-state index < -0.39 is 0 Å². The number of hydrogen-bond donors (Lipinski definition) is 1. The van der Waals surface area contributed by atoms with Crippen LogP contribution >= 0.6 is 21.6 Å². The maximum atomic E-state index is 9.37. The molecule has 0 amide bonds. The molecule has 3 rings (SSSR count). The third-order valence-electron chi connectivity index (χ3n) is 6.08. The van der Waals surface area contributed by atoms with E-state index in [4.69, 9.17) is 5.73 Å². The largest absolute Gasteiger partial charge is 0.399 e. The van der Waals surface area contributed by atoms with Gasteiger partial charge in [-0.05, 0) is 82.3 Å². The lowest BCUT2D eigenvalue weighted by atomic mass is 10.0.